The van der Waals surface area contributed by atoms with Crippen molar-refractivity contribution in [2.45, 2.75) is 27.3 Å². The fourth-order valence-corrected chi connectivity index (χ4v) is 2.57. The van der Waals surface area contributed by atoms with Crippen LogP contribution in [-0.4, -0.2) is 27.5 Å². The van der Waals surface area contributed by atoms with Crippen LogP contribution in [0.2, 0.25) is 0 Å². The number of carbonyl (C=O) groups excluding carboxylic acids is 1. The summed E-state index contributed by atoms with van der Waals surface area (Å²) < 4.78 is 19.4. The number of carbonyl (C=O) groups is 1. The lowest BCUT2D eigenvalue weighted by atomic mass is 10.1. The summed E-state index contributed by atoms with van der Waals surface area (Å²) in [7, 11) is 0. The number of ether oxygens (including phenoxy) is 1. The van der Waals surface area contributed by atoms with Gasteiger partial charge < -0.3 is 10.1 Å². The van der Waals surface area contributed by atoms with Gasteiger partial charge in [-0.05, 0) is 32.9 Å². The Morgan fingerprint density at radius 1 is 1.23 bits per heavy atom. The number of aryl methyl sites for hydroxylation is 2. The van der Waals surface area contributed by atoms with Crippen molar-refractivity contribution < 1.29 is 13.9 Å². The number of fused-ring (bicyclic) bond motifs is 1. The number of halogens is 1. The smallest absolute Gasteiger partial charge is 0.253 e. The highest BCUT2D eigenvalue weighted by molar-refractivity contribution is 6.04. The van der Waals surface area contributed by atoms with E-state index >= 15 is 0 Å². The van der Waals surface area contributed by atoms with E-state index in [9.17, 15) is 9.18 Å². The van der Waals surface area contributed by atoms with Gasteiger partial charge in [-0.3, -0.25) is 4.79 Å². The summed E-state index contributed by atoms with van der Waals surface area (Å²) in [6.45, 7) is 6.14. The van der Waals surface area contributed by atoms with Crippen LogP contribution in [-0.2, 0) is 6.54 Å². The quantitative estimate of drug-likeness (QED) is 0.762. The summed E-state index contributed by atoms with van der Waals surface area (Å²) in [5, 5.41) is 2.77. The van der Waals surface area contributed by atoms with Crippen LogP contribution in [0.25, 0.3) is 11.0 Å². The number of nitrogens with one attached hydrogen (secondary N) is 1. The second-order valence-electron chi connectivity index (χ2n) is 5.80. The minimum Gasteiger partial charge on any atom is -0.478 e. The van der Waals surface area contributed by atoms with Crippen LogP contribution in [0.15, 0.2) is 30.5 Å². The minimum absolute atomic E-state index is 0.150. The molecule has 0 bridgehead atoms. The number of amides is 1. The first-order chi connectivity index (χ1) is 12.5. The number of aromatic nitrogens is 3. The Hall–Kier alpha value is -3.09. The number of benzene rings is 1. The van der Waals surface area contributed by atoms with Gasteiger partial charge in [0.1, 0.15) is 11.3 Å². The zero-order valence-corrected chi connectivity index (χ0v) is 14.8. The summed E-state index contributed by atoms with van der Waals surface area (Å²) in [5.74, 6) is -0.499. The molecule has 1 N–H and O–H groups in total. The Bertz CT molecular complexity index is 975. The van der Waals surface area contributed by atoms with Crippen LogP contribution >= 0.6 is 0 Å². The summed E-state index contributed by atoms with van der Waals surface area (Å²) >= 11 is 0. The molecule has 3 rings (SSSR count). The predicted octanol–water partition coefficient (Wildman–Crippen LogP) is 3.11. The number of hydrogen-bond acceptors (Lipinski definition) is 5. The maximum atomic E-state index is 13.9. The van der Waals surface area contributed by atoms with Crippen LogP contribution in [0.3, 0.4) is 0 Å². The van der Waals surface area contributed by atoms with Gasteiger partial charge in [0.15, 0.2) is 0 Å². The van der Waals surface area contributed by atoms with Crippen LogP contribution in [0.4, 0.5) is 4.39 Å². The lowest BCUT2D eigenvalue weighted by Crippen LogP contribution is -2.24. The summed E-state index contributed by atoms with van der Waals surface area (Å²) in [6, 6.07) is 6.03. The molecule has 6 nitrogen and oxygen atoms in total. The van der Waals surface area contributed by atoms with Crippen LogP contribution in [0, 0.1) is 19.7 Å². The fourth-order valence-electron chi connectivity index (χ4n) is 2.57. The molecule has 1 amide bonds. The van der Waals surface area contributed by atoms with E-state index in [1.54, 1.807) is 26.1 Å². The highest BCUT2D eigenvalue weighted by Gasteiger charge is 2.16. The second kappa shape index (κ2) is 7.43. The standard InChI is InChI=1S/C19H19FN4O2/c1-4-26-19-13(6-5-7-21-19)10-22-18(25)15-8-14(20)9-16-17(15)24-12(3)11(2)23-16/h5-9H,4,10H2,1-3H3,(H,22,25). The molecule has 0 aliphatic heterocycles. The number of rotatable bonds is 5. The molecule has 1 aromatic carbocycles. The third-order valence-electron chi connectivity index (χ3n) is 3.96. The van der Waals surface area contributed by atoms with E-state index < -0.39 is 11.7 Å². The minimum atomic E-state index is -0.531. The normalized spacial score (nSPS) is 10.8. The van der Waals surface area contributed by atoms with E-state index in [4.69, 9.17) is 4.74 Å². The third kappa shape index (κ3) is 3.61. The largest absolute Gasteiger partial charge is 0.478 e. The molecule has 2 heterocycles. The van der Waals surface area contributed by atoms with Gasteiger partial charge >= 0.3 is 0 Å². The maximum Gasteiger partial charge on any atom is 0.253 e. The monoisotopic (exact) mass is 354 g/mol. The molecule has 0 aliphatic carbocycles. The van der Waals surface area contributed by atoms with Crippen molar-refractivity contribution >= 4 is 16.9 Å². The number of nitrogens with zero attached hydrogens (tertiary/aromatic N) is 3. The Morgan fingerprint density at radius 2 is 2.00 bits per heavy atom. The van der Waals surface area contributed by atoms with Gasteiger partial charge in [0, 0.05) is 24.4 Å². The molecule has 0 fully saturated rings. The van der Waals surface area contributed by atoms with Gasteiger partial charge in [0.05, 0.1) is 29.1 Å². The van der Waals surface area contributed by atoms with Crippen molar-refractivity contribution in [1.29, 1.82) is 0 Å². The van der Waals surface area contributed by atoms with Crippen molar-refractivity contribution in [1.82, 2.24) is 20.3 Å². The zero-order chi connectivity index (χ0) is 18.7. The Balaban J connectivity index is 1.90. The van der Waals surface area contributed by atoms with Crippen molar-refractivity contribution in [3.8, 4) is 5.88 Å². The van der Waals surface area contributed by atoms with Gasteiger partial charge in [-0.2, -0.15) is 0 Å². The highest BCUT2D eigenvalue weighted by atomic mass is 19.1. The number of pyridine rings is 1. The maximum absolute atomic E-state index is 13.9. The summed E-state index contributed by atoms with van der Waals surface area (Å²) in [4.78, 5) is 25.5. The first-order valence-corrected chi connectivity index (χ1v) is 8.29. The molecule has 26 heavy (non-hydrogen) atoms. The predicted molar refractivity (Wildman–Crippen MR) is 95.5 cm³/mol. The highest BCUT2D eigenvalue weighted by Crippen LogP contribution is 2.20. The number of hydrogen-bond donors (Lipinski definition) is 1. The average molecular weight is 354 g/mol. The SMILES string of the molecule is CCOc1ncccc1CNC(=O)c1cc(F)cc2nc(C)c(C)nc12. The fraction of sp³-hybridized carbons (Fsp3) is 0.263. The van der Waals surface area contributed by atoms with Gasteiger partial charge in [-0.15, -0.1) is 0 Å². The van der Waals surface area contributed by atoms with Crippen LogP contribution < -0.4 is 10.1 Å². The van der Waals surface area contributed by atoms with Gasteiger partial charge in [-0.25, -0.2) is 19.3 Å². The molecule has 3 aromatic rings. The molecule has 0 saturated carbocycles. The molecule has 0 saturated heterocycles. The van der Waals surface area contributed by atoms with Crippen molar-refractivity contribution in [2.75, 3.05) is 6.61 Å². The summed E-state index contributed by atoms with van der Waals surface area (Å²) in [5.41, 5.74) is 3.02. The Morgan fingerprint density at radius 3 is 2.77 bits per heavy atom. The second-order valence-corrected chi connectivity index (χ2v) is 5.80. The molecule has 0 atom stereocenters. The molecule has 0 aliphatic rings. The van der Waals surface area contributed by atoms with Crippen LogP contribution in [0.1, 0.15) is 34.2 Å². The van der Waals surface area contributed by atoms with Crippen molar-refractivity contribution in [3.63, 3.8) is 0 Å². The van der Waals surface area contributed by atoms with E-state index in [1.807, 2.05) is 13.0 Å². The van der Waals surface area contributed by atoms with Crippen molar-refractivity contribution in [2.24, 2.45) is 0 Å². The van der Waals surface area contributed by atoms with Gasteiger partial charge in [0.2, 0.25) is 5.88 Å². The molecule has 7 heteroatoms. The Labute approximate surface area is 150 Å². The first-order valence-electron chi connectivity index (χ1n) is 8.29. The molecule has 0 spiro atoms. The zero-order valence-electron chi connectivity index (χ0n) is 14.8. The van der Waals surface area contributed by atoms with E-state index in [0.717, 1.165) is 5.56 Å². The van der Waals surface area contributed by atoms with Crippen molar-refractivity contribution in [3.05, 3.63) is 58.8 Å². The lowest BCUT2D eigenvalue weighted by Gasteiger charge is -2.11. The van der Waals surface area contributed by atoms with Gasteiger partial charge in [0.25, 0.3) is 5.91 Å². The van der Waals surface area contributed by atoms with E-state index in [0.29, 0.717) is 34.9 Å². The molecular formula is C19H19FN4O2. The van der Waals surface area contributed by atoms with E-state index in [1.165, 1.54) is 12.1 Å². The average Bonchev–Trinajstić information content (AvgIpc) is 2.62. The van der Waals surface area contributed by atoms with E-state index in [2.05, 4.69) is 20.3 Å². The molecular weight excluding hydrogens is 335 g/mol. The lowest BCUT2D eigenvalue weighted by molar-refractivity contribution is 0.0951. The Kier molecular flexibility index (Phi) is 5.06. The molecule has 134 valence electrons. The topological polar surface area (TPSA) is 77.0 Å². The molecule has 2 aromatic heterocycles. The first kappa shape index (κ1) is 17.7. The third-order valence-corrected chi connectivity index (χ3v) is 3.96. The van der Waals surface area contributed by atoms with E-state index in [-0.39, 0.29) is 12.1 Å². The summed E-state index contributed by atoms with van der Waals surface area (Å²) in [6.07, 6.45) is 1.62. The van der Waals surface area contributed by atoms with Crippen LogP contribution in [0.5, 0.6) is 5.88 Å². The molecule has 0 radical (unpaired) electrons. The molecule has 0 unspecified atom stereocenters. The van der Waals surface area contributed by atoms with Gasteiger partial charge in [-0.1, -0.05) is 6.07 Å².